The van der Waals surface area contributed by atoms with E-state index in [1.54, 1.807) is 13.0 Å². The molecule has 29 heavy (non-hydrogen) atoms. The molecule has 1 aromatic carbocycles. The van der Waals surface area contributed by atoms with E-state index in [1.165, 1.54) is 36.6 Å². The molecule has 2 fully saturated rings. The first kappa shape index (κ1) is 20.1. The summed E-state index contributed by atoms with van der Waals surface area (Å²) in [5.41, 5.74) is 6.16. The molecule has 1 atom stereocenters. The van der Waals surface area contributed by atoms with Gasteiger partial charge in [0.1, 0.15) is 11.6 Å². The van der Waals surface area contributed by atoms with Gasteiger partial charge < -0.3 is 15.2 Å². The molecule has 0 radical (unpaired) electrons. The van der Waals surface area contributed by atoms with Crippen LogP contribution in [0, 0.1) is 18.7 Å². The molecule has 4 nitrogen and oxygen atoms in total. The Balaban J connectivity index is 1.89. The van der Waals surface area contributed by atoms with E-state index in [4.69, 9.17) is 9.73 Å². The summed E-state index contributed by atoms with van der Waals surface area (Å²) < 4.78 is 20.7. The average molecular weight is 399 g/mol. The fraction of sp³-hybridized carbons (Fsp3) is 0.542. The van der Waals surface area contributed by atoms with Crippen LogP contribution in [0.25, 0.3) is 5.70 Å². The van der Waals surface area contributed by atoms with Crippen LogP contribution >= 0.6 is 0 Å². The molecule has 1 aromatic rings. The Morgan fingerprint density at radius 2 is 1.93 bits per heavy atom. The number of aryl methyl sites for hydroxylation is 1. The Hall–Kier alpha value is -2.14. The van der Waals surface area contributed by atoms with E-state index in [0.717, 1.165) is 37.0 Å². The number of phenols is 1. The minimum Gasteiger partial charge on any atom is -0.507 e. The standard InChI is InChI=1S/C24H31FN2O2/c1-15-12-20(25)22(21(28)13-15)24-19-14-29-11-9-18(19)23(16(2)8-10-26-24)27-17-6-4-3-5-7-17/h12-13,16,26,28H,3-11,14H2,1-2H3/b23-18+,24-19-. The molecule has 4 rings (SSSR count). The van der Waals surface area contributed by atoms with Crippen molar-refractivity contribution in [2.24, 2.45) is 10.9 Å². The number of halogens is 1. The van der Waals surface area contributed by atoms with Crippen LogP contribution in [0.2, 0.25) is 0 Å². The molecule has 5 heteroatoms. The number of aliphatic imine (C=N–C) groups is 1. The highest BCUT2D eigenvalue weighted by molar-refractivity contribution is 5.86. The number of ether oxygens (including phenoxy) is 1. The van der Waals surface area contributed by atoms with E-state index in [1.807, 2.05) is 0 Å². The Bertz CT molecular complexity index is 854. The minimum absolute atomic E-state index is 0.0313. The highest BCUT2D eigenvalue weighted by Gasteiger charge is 2.28. The predicted octanol–water partition coefficient (Wildman–Crippen LogP) is 5.26. The third-order valence-electron chi connectivity index (χ3n) is 6.24. The lowest BCUT2D eigenvalue weighted by molar-refractivity contribution is 0.145. The Kier molecular flexibility index (Phi) is 6.04. The van der Waals surface area contributed by atoms with Crippen LogP contribution in [0.3, 0.4) is 0 Å². The largest absolute Gasteiger partial charge is 0.507 e. The molecule has 2 heterocycles. The van der Waals surface area contributed by atoms with Gasteiger partial charge in [-0.05, 0) is 68.7 Å². The molecule has 1 saturated heterocycles. The number of benzene rings is 1. The molecule has 3 aliphatic rings. The monoisotopic (exact) mass is 398 g/mol. The second-order valence-electron chi connectivity index (χ2n) is 8.52. The zero-order valence-corrected chi connectivity index (χ0v) is 17.5. The third kappa shape index (κ3) is 4.25. The van der Waals surface area contributed by atoms with Gasteiger partial charge in [-0.3, -0.25) is 4.99 Å². The van der Waals surface area contributed by atoms with Crippen LogP contribution in [0.5, 0.6) is 5.75 Å². The van der Waals surface area contributed by atoms with Crippen molar-refractivity contribution in [1.82, 2.24) is 5.32 Å². The number of hydrogen-bond donors (Lipinski definition) is 2. The summed E-state index contributed by atoms with van der Waals surface area (Å²) in [6.07, 6.45) is 7.58. The topological polar surface area (TPSA) is 53.9 Å². The van der Waals surface area contributed by atoms with Crippen LogP contribution < -0.4 is 5.32 Å². The van der Waals surface area contributed by atoms with Gasteiger partial charge in [-0.15, -0.1) is 0 Å². The van der Waals surface area contributed by atoms with Crippen LogP contribution in [-0.4, -0.2) is 30.6 Å². The average Bonchev–Trinajstić information content (AvgIpc) is 2.70. The normalized spacial score (nSPS) is 28.2. The lowest BCUT2D eigenvalue weighted by atomic mass is 9.87. The van der Waals surface area contributed by atoms with Crippen molar-refractivity contribution >= 4 is 11.4 Å². The fourth-order valence-electron chi connectivity index (χ4n) is 4.68. The number of fused-ring (bicyclic) bond motifs is 1. The van der Waals surface area contributed by atoms with Gasteiger partial charge in [0, 0.05) is 29.4 Å². The van der Waals surface area contributed by atoms with Crippen LogP contribution in [0.4, 0.5) is 4.39 Å². The van der Waals surface area contributed by atoms with Gasteiger partial charge in [0.15, 0.2) is 0 Å². The molecular weight excluding hydrogens is 367 g/mol. The van der Waals surface area contributed by atoms with Crippen LogP contribution in [0.15, 0.2) is 34.0 Å². The quantitative estimate of drug-likeness (QED) is 0.714. The number of aromatic hydroxyl groups is 1. The molecule has 0 bridgehead atoms. The van der Waals surface area contributed by atoms with Crippen LogP contribution in [0.1, 0.15) is 63.0 Å². The lowest BCUT2D eigenvalue weighted by Gasteiger charge is -2.31. The van der Waals surface area contributed by atoms with Gasteiger partial charge in [0.2, 0.25) is 0 Å². The predicted molar refractivity (Wildman–Crippen MR) is 114 cm³/mol. The highest BCUT2D eigenvalue weighted by Crippen LogP contribution is 2.39. The summed E-state index contributed by atoms with van der Waals surface area (Å²) in [4.78, 5) is 5.17. The van der Waals surface area contributed by atoms with E-state index >= 15 is 0 Å². The second-order valence-corrected chi connectivity index (χ2v) is 8.52. The molecule has 2 N–H and O–H groups in total. The maximum atomic E-state index is 14.9. The summed E-state index contributed by atoms with van der Waals surface area (Å²) in [5, 5.41) is 14.0. The molecular formula is C24H31FN2O2. The summed E-state index contributed by atoms with van der Waals surface area (Å²) in [5.74, 6) is -0.106. The molecule has 1 saturated carbocycles. The number of rotatable bonds is 2. The Labute approximate surface area is 172 Å². The van der Waals surface area contributed by atoms with Gasteiger partial charge in [-0.25, -0.2) is 4.39 Å². The van der Waals surface area contributed by atoms with E-state index in [-0.39, 0.29) is 11.3 Å². The summed E-state index contributed by atoms with van der Waals surface area (Å²) in [6, 6.07) is 3.09. The molecule has 2 aliphatic heterocycles. The number of nitrogens with one attached hydrogen (secondary N) is 1. The zero-order chi connectivity index (χ0) is 20.4. The lowest BCUT2D eigenvalue weighted by Crippen LogP contribution is -2.27. The first-order valence-corrected chi connectivity index (χ1v) is 10.9. The van der Waals surface area contributed by atoms with Crippen molar-refractivity contribution in [3.63, 3.8) is 0 Å². The summed E-state index contributed by atoms with van der Waals surface area (Å²) in [7, 11) is 0. The SMILES string of the molecule is Cc1cc(O)c(/C2=C3\COCC\C3=C(/N=C3CCCCC3)C(C)CCN2)c(F)c1. The minimum atomic E-state index is -0.406. The molecule has 156 valence electrons. The molecule has 0 spiro atoms. The first-order chi connectivity index (χ1) is 14.0. The molecule has 1 aliphatic carbocycles. The third-order valence-corrected chi connectivity index (χ3v) is 6.24. The van der Waals surface area contributed by atoms with E-state index < -0.39 is 5.82 Å². The number of nitrogens with zero attached hydrogens (tertiary/aromatic N) is 1. The van der Waals surface area contributed by atoms with Crippen molar-refractivity contribution in [2.45, 2.75) is 58.8 Å². The van der Waals surface area contributed by atoms with Crippen molar-refractivity contribution in [1.29, 1.82) is 0 Å². The van der Waals surface area contributed by atoms with Gasteiger partial charge in [-0.1, -0.05) is 13.3 Å². The zero-order valence-electron chi connectivity index (χ0n) is 17.5. The number of allylic oxidation sites excluding steroid dienone is 1. The van der Waals surface area contributed by atoms with Gasteiger partial charge in [-0.2, -0.15) is 0 Å². The second kappa shape index (κ2) is 8.70. The summed E-state index contributed by atoms with van der Waals surface area (Å²) in [6.45, 7) is 5.78. The maximum Gasteiger partial charge on any atom is 0.136 e. The smallest absolute Gasteiger partial charge is 0.136 e. The maximum absolute atomic E-state index is 14.9. The molecule has 1 unspecified atom stereocenters. The van der Waals surface area contributed by atoms with Crippen molar-refractivity contribution in [3.8, 4) is 5.75 Å². The van der Waals surface area contributed by atoms with Gasteiger partial charge in [0.25, 0.3) is 0 Å². The van der Waals surface area contributed by atoms with Crippen molar-refractivity contribution < 1.29 is 14.2 Å². The fourth-order valence-corrected chi connectivity index (χ4v) is 4.68. The Morgan fingerprint density at radius 1 is 1.14 bits per heavy atom. The van der Waals surface area contributed by atoms with E-state index in [0.29, 0.717) is 36.9 Å². The Morgan fingerprint density at radius 3 is 2.69 bits per heavy atom. The number of phenolic OH excluding ortho intramolecular Hbond substituents is 1. The number of hydrogen-bond acceptors (Lipinski definition) is 4. The van der Waals surface area contributed by atoms with Crippen LogP contribution in [-0.2, 0) is 4.74 Å². The molecule has 0 amide bonds. The molecule has 0 aromatic heterocycles. The summed E-state index contributed by atoms with van der Waals surface area (Å²) >= 11 is 0. The van der Waals surface area contributed by atoms with Crippen molar-refractivity contribution in [2.75, 3.05) is 19.8 Å². The van der Waals surface area contributed by atoms with Gasteiger partial charge >= 0.3 is 0 Å². The highest BCUT2D eigenvalue weighted by atomic mass is 19.1. The first-order valence-electron chi connectivity index (χ1n) is 10.9. The van der Waals surface area contributed by atoms with E-state index in [9.17, 15) is 9.50 Å². The van der Waals surface area contributed by atoms with Crippen molar-refractivity contribution in [3.05, 3.63) is 45.9 Å². The van der Waals surface area contributed by atoms with E-state index in [2.05, 4.69) is 12.2 Å². The van der Waals surface area contributed by atoms with Gasteiger partial charge in [0.05, 0.1) is 24.5 Å².